The third-order valence-electron chi connectivity index (χ3n) is 2.37. The molecular formula is C13H16N2O4S. The van der Waals surface area contributed by atoms with Crippen molar-refractivity contribution in [3.8, 4) is 6.07 Å². The molecule has 0 bridgehead atoms. The molecule has 1 N–H and O–H groups in total. The van der Waals surface area contributed by atoms with E-state index in [0.717, 1.165) is 6.42 Å². The Morgan fingerprint density at radius 1 is 1.35 bits per heavy atom. The normalized spacial score (nSPS) is 10.8. The number of nitrogens with one attached hydrogen (secondary N) is 1. The van der Waals surface area contributed by atoms with E-state index in [-0.39, 0.29) is 17.9 Å². The van der Waals surface area contributed by atoms with Crippen LogP contribution in [0.15, 0.2) is 29.2 Å². The van der Waals surface area contributed by atoms with Gasteiger partial charge in [0.25, 0.3) is 0 Å². The van der Waals surface area contributed by atoms with Crippen LogP contribution in [0.5, 0.6) is 0 Å². The molecule has 0 heterocycles. The van der Waals surface area contributed by atoms with E-state index in [4.69, 9.17) is 10.00 Å². The Morgan fingerprint density at radius 2 is 2.00 bits per heavy atom. The molecule has 6 nitrogen and oxygen atoms in total. The van der Waals surface area contributed by atoms with E-state index in [9.17, 15) is 13.2 Å². The van der Waals surface area contributed by atoms with Crippen LogP contribution in [0, 0.1) is 11.3 Å². The van der Waals surface area contributed by atoms with Crippen molar-refractivity contribution in [3.05, 3.63) is 29.8 Å². The van der Waals surface area contributed by atoms with E-state index in [1.54, 1.807) is 0 Å². The summed E-state index contributed by atoms with van der Waals surface area (Å²) in [7, 11) is -3.65. The summed E-state index contributed by atoms with van der Waals surface area (Å²) in [6.45, 7) is 2.27. The molecule has 1 aromatic rings. The molecule has 0 spiro atoms. The summed E-state index contributed by atoms with van der Waals surface area (Å²) in [5, 5.41) is 8.37. The molecule has 20 heavy (non-hydrogen) atoms. The molecule has 1 aromatic carbocycles. The summed E-state index contributed by atoms with van der Waals surface area (Å²) in [5.41, 5.74) is 0.300. The molecule has 1 rings (SSSR count). The highest BCUT2D eigenvalue weighted by Gasteiger charge is 2.14. The highest BCUT2D eigenvalue weighted by atomic mass is 32.2. The zero-order valence-corrected chi connectivity index (χ0v) is 11.9. The quantitative estimate of drug-likeness (QED) is 0.606. The van der Waals surface area contributed by atoms with Gasteiger partial charge in [-0.15, -0.1) is 0 Å². The fourth-order valence-electron chi connectivity index (χ4n) is 1.37. The Morgan fingerprint density at radius 3 is 2.55 bits per heavy atom. The number of carbonyl (C=O) groups excluding carboxylic acids is 1. The highest BCUT2D eigenvalue weighted by Crippen LogP contribution is 2.11. The molecule has 0 amide bonds. The minimum absolute atomic E-state index is 0.0440. The smallest absolute Gasteiger partial charge is 0.338 e. The zero-order chi connectivity index (χ0) is 15.0. The second kappa shape index (κ2) is 7.62. The summed E-state index contributed by atoms with van der Waals surface area (Å²) in [6.07, 6.45) is 0.821. The van der Waals surface area contributed by atoms with Crippen LogP contribution in [0.1, 0.15) is 30.1 Å². The Hall–Kier alpha value is -1.91. The van der Waals surface area contributed by atoms with Gasteiger partial charge in [0.1, 0.15) is 0 Å². The zero-order valence-electron chi connectivity index (χ0n) is 11.1. The lowest BCUT2D eigenvalue weighted by Crippen LogP contribution is -2.24. The number of hydrogen-bond donors (Lipinski definition) is 1. The summed E-state index contributed by atoms with van der Waals surface area (Å²) in [5.74, 6) is -0.478. The van der Waals surface area contributed by atoms with Gasteiger partial charge in [0.2, 0.25) is 10.0 Å². The van der Waals surface area contributed by atoms with Crippen LogP contribution in [0.4, 0.5) is 0 Å². The summed E-state index contributed by atoms with van der Waals surface area (Å²) < 4.78 is 30.9. The Balaban J connectivity index is 2.75. The van der Waals surface area contributed by atoms with Gasteiger partial charge < -0.3 is 4.74 Å². The van der Waals surface area contributed by atoms with Gasteiger partial charge in [-0.1, -0.05) is 6.92 Å². The molecule has 0 aliphatic rings. The van der Waals surface area contributed by atoms with Gasteiger partial charge in [-0.2, -0.15) is 5.26 Å². The molecular weight excluding hydrogens is 280 g/mol. The van der Waals surface area contributed by atoms with Gasteiger partial charge in [-0.3, -0.25) is 0 Å². The molecule has 0 atom stereocenters. The molecule has 7 heteroatoms. The van der Waals surface area contributed by atoms with Gasteiger partial charge in [0.05, 0.1) is 23.1 Å². The van der Waals surface area contributed by atoms with Crippen LogP contribution in [0.2, 0.25) is 0 Å². The number of sulfonamides is 1. The maximum atomic E-state index is 11.8. The third-order valence-corrected chi connectivity index (χ3v) is 3.84. The SMILES string of the molecule is CCCOC(=O)c1ccc(S(=O)(=O)NCCC#N)cc1. The number of carbonyl (C=O) groups is 1. The first-order valence-corrected chi connectivity index (χ1v) is 7.63. The lowest BCUT2D eigenvalue weighted by Gasteiger charge is -2.06. The number of nitrogens with zero attached hydrogens (tertiary/aromatic N) is 1. The fourth-order valence-corrected chi connectivity index (χ4v) is 2.40. The molecule has 0 radical (unpaired) electrons. The first-order chi connectivity index (χ1) is 9.51. The number of esters is 1. The average Bonchev–Trinajstić information content (AvgIpc) is 2.45. The van der Waals surface area contributed by atoms with Gasteiger partial charge >= 0.3 is 5.97 Å². The molecule has 0 aliphatic carbocycles. The molecule has 0 aliphatic heterocycles. The number of rotatable bonds is 7. The van der Waals surface area contributed by atoms with Crippen molar-refractivity contribution >= 4 is 16.0 Å². The number of hydrogen-bond acceptors (Lipinski definition) is 5. The van der Waals surface area contributed by atoms with Crippen molar-refractivity contribution in [1.29, 1.82) is 5.26 Å². The van der Waals surface area contributed by atoms with Crippen LogP contribution in [0.3, 0.4) is 0 Å². The largest absolute Gasteiger partial charge is 0.462 e. The van der Waals surface area contributed by atoms with Crippen LogP contribution < -0.4 is 4.72 Å². The maximum Gasteiger partial charge on any atom is 0.338 e. The summed E-state index contributed by atoms with van der Waals surface area (Å²) in [6, 6.07) is 7.31. The van der Waals surface area contributed by atoms with E-state index in [0.29, 0.717) is 12.2 Å². The Labute approximate surface area is 118 Å². The fraction of sp³-hybridized carbons (Fsp3) is 0.385. The standard InChI is InChI=1S/C13H16N2O4S/c1-2-10-19-13(16)11-4-6-12(7-5-11)20(17,18)15-9-3-8-14/h4-7,15H,2-3,9-10H2,1H3. The van der Waals surface area contributed by atoms with Crippen LogP contribution in [0.25, 0.3) is 0 Å². The second-order valence-electron chi connectivity index (χ2n) is 3.97. The van der Waals surface area contributed by atoms with E-state index < -0.39 is 16.0 Å². The molecule has 0 unspecified atom stereocenters. The lowest BCUT2D eigenvalue weighted by atomic mass is 10.2. The molecule has 0 saturated carbocycles. The van der Waals surface area contributed by atoms with Crippen molar-refractivity contribution in [3.63, 3.8) is 0 Å². The summed E-state index contributed by atoms with van der Waals surface area (Å²) >= 11 is 0. The number of nitriles is 1. The third kappa shape index (κ3) is 4.64. The lowest BCUT2D eigenvalue weighted by molar-refractivity contribution is 0.0505. The van der Waals surface area contributed by atoms with Crippen LogP contribution >= 0.6 is 0 Å². The van der Waals surface area contributed by atoms with Crippen molar-refractivity contribution in [1.82, 2.24) is 4.72 Å². The number of ether oxygens (including phenoxy) is 1. The first kappa shape index (κ1) is 16.1. The van der Waals surface area contributed by atoms with Crippen LogP contribution in [-0.2, 0) is 14.8 Å². The van der Waals surface area contributed by atoms with Crippen molar-refractivity contribution < 1.29 is 17.9 Å². The van der Waals surface area contributed by atoms with Crippen molar-refractivity contribution in [2.45, 2.75) is 24.7 Å². The molecule has 0 aromatic heterocycles. The monoisotopic (exact) mass is 296 g/mol. The van der Waals surface area contributed by atoms with E-state index >= 15 is 0 Å². The van der Waals surface area contributed by atoms with Crippen LogP contribution in [-0.4, -0.2) is 27.5 Å². The van der Waals surface area contributed by atoms with Gasteiger partial charge in [0, 0.05) is 13.0 Å². The topological polar surface area (TPSA) is 96.3 Å². The predicted molar refractivity (Wildman–Crippen MR) is 72.4 cm³/mol. The average molecular weight is 296 g/mol. The van der Waals surface area contributed by atoms with E-state index in [2.05, 4.69) is 4.72 Å². The van der Waals surface area contributed by atoms with E-state index in [1.807, 2.05) is 13.0 Å². The highest BCUT2D eigenvalue weighted by molar-refractivity contribution is 7.89. The summed E-state index contributed by atoms with van der Waals surface area (Å²) in [4.78, 5) is 11.6. The van der Waals surface area contributed by atoms with Gasteiger partial charge in [0.15, 0.2) is 0 Å². The maximum absolute atomic E-state index is 11.8. The van der Waals surface area contributed by atoms with Crippen molar-refractivity contribution in [2.75, 3.05) is 13.2 Å². The van der Waals surface area contributed by atoms with E-state index in [1.165, 1.54) is 24.3 Å². The minimum atomic E-state index is -3.65. The first-order valence-electron chi connectivity index (χ1n) is 6.15. The van der Waals surface area contributed by atoms with Gasteiger partial charge in [-0.25, -0.2) is 17.9 Å². The molecule has 0 saturated heterocycles. The second-order valence-corrected chi connectivity index (χ2v) is 5.73. The van der Waals surface area contributed by atoms with Crippen molar-refractivity contribution in [2.24, 2.45) is 0 Å². The predicted octanol–water partition coefficient (Wildman–Crippen LogP) is 1.45. The Bertz CT molecular complexity index is 588. The number of benzene rings is 1. The minimum Gasteiger partial charge on any atom is -0.462 e. The molecule has 0 fully saturated rings. The molecule has 108 valence electrons. The Kier molecular flexibility index (Phi) is 6.15. The van der Waals surface area contributed by atoms with Gasteiger partial charge in [-0.05, 0) is 30.7 Å².